The van der Waals surface area contributed by atoms with E-state index in [4.69, 9.17) is 4.42 Å². The molecule has 12 aromatic rings. The number of rotatable bonds is 6. The van der Waals surface area contributed by atoms with E-state index >= 15 is 0 Å². The Bertz CT molecular complexity index is 3520. The Kier molecular flexibility index (Phi) is 7.62. The van der Waals surface area contributed by atoms with Crippen LogP contribution in [0.4, 0.5) is 17.1 Å². The third kappa shape index (κ3) is 5.30. The van der Waals surface area contributed by atoms with Crippen LogP contribution >= 0.6 is 22.7 Å². The summed E-state index contributed by atoms with van der Waals surface area (Å²) in [5.41, 5.74) is 12.4. The molecular weight excluding hydrogens is 743 g/mol. The van der Waals surface area contributed by atoms with Gasteiger partial charge in [0.25, 0.3) is 0 Å². The number of para-hydroxylation sites is 2. The van der Waals surface area contributed by atoms with E-state index < -0.39 is 0 Å². The predicted molar refractivity (Wildman–Crippen MR) is 250 cm³/mol. The second-order valence-electron chi connectivity index (χ2n) is 14.8. The summed E-state index contributed by atoms with van der Waals surface area (Å²) in [6.45, 7) is 0. The zero-order valence-electron chi connectivity index (χ0n) is 31.2. The van der Waals surface area contributed by atoms with Gasteiger partial charge in [-0.15, -0.1) is 22.7 Å². The van der Waals surface area contributed by atoms with Crippen LogP contribution in [0.25, 0.3) is 95.7 Å². The molecule has 0 fully saturated rings. The fourth-order valence-corrected chi connectivity index (χ4v) is 11.2. The van der Waals surface area contributed by atoms with Crippen LogP contribution in [0.2, 0.25) is 0 Å². The molecule has 0 unspecified atom stereocenters. The van der Waals surface area contributed by atoms with Crippen LogP contribution < -0.4 is 4.90 Å². The van der Waals surface area contributed by atoms with Crippen molar-refractivity contribution in [1.29, 1.82) is 0 Å². The van der Waals surface area contributed by atoms with Gasteiger partial charge in [-0.25, -0.2) is 0 Å². The fraction of sp³-hybridized carbons (Fsp3) is 0. The molecular formula is C54H33NOS2. The first-order valence-electron chi connectivity index (χ1n) is 19.6. The van der Waals surface area contributed by atoms with Gasteiger partial charge in [-0.1, -0.05) is 133 Å². The number of nitrogens with zero attached hydrogens (tertiary/aromatic N) is 1. The van der Waals surface area contributed by atoms with Gasteiger partial charge in [0.2, 0.25) is 0 Å². The van der Waals surface area contributed by atoms with E-state index in [2.05, 4.69) is 193 Å². The van der Waals surface area contributed by atoms with E-state index in [1.165, 1.54) is 68.2 Å². The number of hydrogen-bond acceptors (Lipinski definition) is 4. The maximum absolute atomic E-state index is 6.35. The SMILES string of the molecule is c1ccc(N(c2ccc(-c3ccc4c(c3)sc3ccccc34)cc2)c2ccc(-c3ccccc3-c3ccc4c(c3)oc3ccccc34)c3sc4ccccc4c23)cc1. The highest BCUT2D eigenvalue weighted by molar-refractivity contribution is 7.26. The summed E-state index contributed by atoms with van der Waals surface area (Å²) in [5, 5.41) is 7.44. The lowest BCUT2D eigenvalue weighted by Gasteiger charge is -2.27. The molecule has 0 aliphatic rings. The molecule has 0 atom stereocenters. The van der Waals surface area contributed by atoms with Gasteiger partial charge in [0.1, 0.15) is 11.2 Å². The Morgan fingerprint density at radius 3 is 1.79 bits per heavy atom. The van der Waals surface area contributed by atoms with E-state index in [-0.39, 0.29) is 0 Å². The van der Waals surface area contributed by atoms with E-state index in [0.29, 0.717) is 0 Å². The first kappa shape index (κ1) is 33.2. The quantitative estimate of drug-likeness (QED) is 0.167. The van der Waals surface area contributed by atoms with Gasteiger partial charge in [0, 0.05) is 68.1 Å². The molecule has 9 aromatic carbocycles. The summed E-state index contributed by atoms with van der Waals surface area (Å²) in [7, 11) is 0. The van der Waals surface area contributed by atoms with Gasteiger partial charge >= 0.3 is 0 Å². The van der Waals surface area contributed by atoms with Crippen molar-refractivity contribution in [2.24, 2.45) is 0 Å². The molecule has 2 nitrogen and oxygen atoms in total. The Morgan fingerprint density at radius 1 is 0.345 bits per heavy atom. The molecule has 0 aliphatic heterocycles. The standard InChI is InChI=1S/C54H33NOS2/c1-2-12-37(13-3-1)55(38-26-22-34(23-27-38)35-24-29-44-43-17-7-10-20-50(43)57-52(44)33-35)47-31-30-45(54-53(47)46-18-8-11-21-51(46)58-54)40-15-5-4-14-39(40)36-25-28-42-41-16-6-9-19-48(41)56-49(42)32-36/h1-33H. The maximum atomic E-state index is 6.35. The Labute approximate surface area is 343 Å². The lowest BCUT2D eigenvalue weighted by molar-refractivity contribution is 0.669. The van der Waals surface area contributed by atoms with Crippen molar-refractivity contribution >= 4 is 102 Å². The van der Waals surface area contributed by atoms with Crippen molar-refractivity contribution in [1.82, 2.24) is 0 Å². The predicted octanol–water partition coefficient (Wildman–Crippen LogP) is 16.8. The Balaban J connectivity index is 1.01. The van der Waals surface area contributed by atoms with Crippen molar-refractivity contribution in [3.8, 4) is 33.4 Å². The summed E-state index contributed by atoms with van der Waals surface area (Å²) >= 11 is 3.74. The van der Waals surface area contributed by atoms with Crippen molar-refractivity contribution in [2.45, 2.75) is 0 Å². The third-order valence-electron chi connectivity index (χ3n) is 11.5. The lowest BCUT2D eigenvalue weighted by Crippen LogP contribution is -2.10. The highest BCUT2D eigenvalue weighted by Crippen LogP contribution is 2.50. The van der Waals surface area contributed by atoms with Crippen LogP contribution in [0, 0.1) is 0 Å². The minimum atomic E-state index is 0.904. The zero-order valence-corrected chi connectivity index (χ0v) is 32.9. The van der Waals surface area contributed by atoms with Gasteiger partial charge in [0.15, 0.2) is 0 Å². The van der Waals surface area contributed by atoms with Crippen LogP contribution in [0.3, 0.4) is 0 Å². The maximum Gasteiger partial charge on any atom is 0.136 e. The van der Waals surface area contributed by atoms with Gasteiger partial charge in [-0.2, -0.15) is 0 Å². The van der Waals surface area contributed by atoms with E-state index in [1.807, 2.05) is 34.8 Å². The number of furan rings is 1. The largest absolute Gasteiger partial charge is 0.456 e. The molecule has 0 amide bonds. The Hall–Kier alpha value is -6.98. The summed E-state index contributed by atoms with van der Waals surface area (Å²) in [6, 6.07) is 72.7. The number of hydrogen-bond donors (Lipinski definition) is 0. The van der Waals surface area contributed by atoms with Gasteiger partial charge in [-0.3, -0.25) is 0 Å². The highest BCUT2D eigenvalue weighted by Gasteiger charge is 2.22. The molecule has 272 valence electrons. The number of fused-ring (bicyclic) bond motifs is 9. The fourth-order valence-electron chi connectivity index (χ4n) is 8.79. The summed E-state index contributed by atoms with van der Waals surface area (Å²) in [5.74, 6) is 0. The molecule has 0 spiro atoms. The molecule has 4 heteroatoms. The van der Waals surface area contributed by atoms with Gasteiger partial charge < -0.3 is 9.32 Å². The second kappa shape index (κ2) is 13.3. The first-order valence-corrected chi connectivity index (χ1v) is 21.2. The minimum Gasteiger partial charge on any atom is -0.456 e. The Morgan fingerprint density at radius 2 is 0.948 bits per heavy atom. The molecule has 3 heterocycles. The van der Waals surface area contributed by atoms with Crippen molar-refractivity contribution in [3.63, 3.8) is 0 Å². The smallest absolute Gasteiger partial charge is 0.136 e. The van der Waals surface area contributed by atoms with E-state index in [0.717, 1.165) is 44.6 Å². The van der Waals surface area contributed by atoms with Crippen molar-refractivity contribution in [2.75, 3.05) is 4.90 Å². The summed E-state index contributed by atoms with van der Waals surface area (Å²) in [6.07, 6.45) is 0. The van der Waals surface area contributed by atoms with Crippen LogP contribution in [0.15, 0.2) is 205 Å². The average molecular weight is 776 g/mol. The average Bonchev–Trinajstić information content (AvgIpc) is 3.98. The van der Waals surface area contributed by atoms with Gasteiger partial charge in [-0.05, 0) is 94.5 Å². The zero-order chi connectivity index (χ0) is 38.2. The summed E-state index contributed by atoms with van der Waals surface area (Å²) < 4.78 is 11.5. The molecule has 0 aliphatic carbocycles. The van der Waals surface area contributed by atoms with E-state index in [1.54, 1.807) is 0 Å². The second-order valence-corrected chi connectivity index (χ2v) is 17.0. The van der Waals surface area contributed by atoms with E-state index in [9.17, 15) is 0 Å². The molecule has 12 rings (SSSR count). The monoisotopic (exact) mass is 775 g/mol. The first-order chi connectivity index (χ1) is 28.7. The topological polar surface area (TPSA) is 16.4 Å². The van der Waals surface area contributed by atoms with Crippen molar-refractivity contribution in [3.05, 3.63) is 200 Å². The molecule has 0 N–H and O–H groups in total. The van der Waals surface area contributed by atoms with Crippen LogP contribution in [0.5, 0.6) is 0 Å². The minimum absolute atomic E-state index is 0.904. The summed E-state index contributed by atoms with van der Waals surface area (Å²) in [4.78, 5) is 2.42. The van der Waals surface area contributed by atoms with Crippen LogP contribution in [-0.2, 0) is 0 Å². The van der Waals surface area contributed by atoms with Crippen LogP contribution in [-0.4, -0.2) is 0 Å². The highest BCUT2D eigenvalue weighted by atomic mass is 32.1. The third-order valence-corrected chi connectivity index (χ3v) is 13.8. The molecule has 0 saturated heterocycles. The molecule has 0 bridgehead atoms. The number of anilines is 3. The number of benzene rings is 9. The molecule has 58 heavy (non-hydrogen) atoms. The van der Waals surface area contributed by atoms with Crippen molar-refractivity contribution < 1.29 is 4.42 Å². The number of thiophene rings is 2. The van der Waals surface area contributed by atoms with Gasteiger partial charge in [0.05, 0.1) is 5.69 Å². The molecule has 0 radical (unpaired) electrons. The lowest BCUT2D eigenvalue weighted by atomic mass is 9.92. The molecule has 0 saturated carbocycles. The molecule has 3 aromatic heterocycles. The normalized spacial score (nSPS) is 11.8. The van der Waals surface area contributed by atoms with Crippen LogP contribution in [0.1, 0.15) is 0 Å².